The first-order valence-corrected chi connectivity index (χ1v) is 6.81. The van der Waals surface area contributed by atoms with E-state index in [4.69, 9.17) is 10.5 Å². The Morgan fingerprint density at radius 3 is 2.71 bits per heavy atom. The molecule has 1 aliphatic carbocycles. The van der Waals surface area contributed by atoms with Crippen LogP contribution in [0.4, 0.5) is 0 Å². The molecule has 0 heterocycles. The van der Waals surface area contributed by atoms with Crippen LogP contribution in [0.3, 0.4) is 0 Å². The van der Waals surface area contributed by atoms with Crippen LogP contribution in [0.2, 0.25) is 0 Å². The van der Waals surface area contributed by atoms with E-state index in [1.54, 1.807) is 7.11 Å². The molecule has 0 spiro atoms. The second-order valence-corrected chi connectivity index (χ2v) is 6.48. The fourth-order valence-corrected chi connectivity index (χ4v) is 2.88. The van der Waals surface area contributed by atoms with Crippen LogP contribution in [0.15, 0.2) is 22.7 Å². The molecule has 1 aliphatic rings. The Labute approximate surface area is 112 Å². The maximum atomic E-state index is 6.29. The van der Waals surface area contributed by atoms with Crippen molar-refractivity contribution in [3.63, 3.8) is 0 Å². The minimum atomic E-state index is 0.244. The van der Waals surface area contributed by atoms with E-state index in [1.807, 2.05) is 12.1 Å². The highest BCUT2D eigenvalue weighted by Gasteiger charge is 2.48. The van der Waals surface area contributed by atoms with Gasteiger partial charge in [0.1, 0.15) is 5.75 Å². The zero-order chi connectivity index (χ0) is 12.6. The largest absolute Gasteiger partial charge is 0.497 e. The van der Waals surface area contributed by atoms with Gasteiger partial charge in [-0.25, -0.2) is 0 Å². The predicted molar refractivity (Wildman–Crippen MR) is 74.3 cm³/mol. The monoisotopic (exact) mass is 297 g/mol. The van der Waals surface area contributed by atoms with Gasteiger partial charge in [0.25, 0.3) is 0 Å². The molecule has 17 heavy (non-hydrogen) atoms. The topological polar surface area (TPSA) is 35.2 Å². The normalized spacial score (nSPS) is 23.2. The number of hydrogen-bond acceptors (Lipinski definition) is 2. The number of nitrogens with two attached hydrogens (primary N) is 1. The van der Waals surface area contributed by atoms with Crippen molar-refractivity contribution >= 4 is 15.9 Å². The van der Waals surface area contributed by atoms with Gasteiger partial charge in [-0.3, -0.25) is 0 Å². The molecule has 2 unspecified atom stereocenters. The predicted octanol–water partition coefficient (Wildman–Crippen LogP) is 3.37. The standard InChI is InChI=1S/C14H20BrNO/c1-14(2)8-11(14)13(16)7-9-6-10(17-3)4-5-12(9)15/h4-6,11,13H,7-8,16H2,1-3H3. The Balaban J connectivity index is 2.08. The number of ether oxygens (including phenoxy) is 1. The van der Waals surface area contributed by atoms with E-state index in [0.717, 1.165) is 16.6 Å². The molecule has 0 radical (unpaired) electrons. The summed E-state index contributed by atoms with van der Waals surface area (Å²) < 4.78 is 6.36. The molecule has 0 aliphatic heterocycles. The van der Waals surface area contributed by atoms with Crippen LogP contribution in [-0.2, 0) is 6.42 Å². The first kappa shape index (κ1) is 12.9. The lowest BCUT2D eigenvalue weighted by Crippen LogP contribution is -2.27. The molecule has 1 saturated carbocycles. The molecule has 0 amide bonds. The molecule has 0 aromatic heterocycles. The fraction of sp³-hybridized carbons (Fsp3) is 0.571. The first-order chi connectivity index (χ1) is 7.94. The van der Waals surface area contributed by atoms with Crippen molar-refractivity contribution in [1.82, 2.24) is 0 Å². The maximum absolute atomic E-state index is 6.29. The molecule has 2 N–H and O–H groups in total. The maximum Gasteiger partial charge on any atom is 0.119 e. The summed E-state index contributed by atoms with van der Waals surface area (Å²) in [6, 6.07) is 6.30. The van der Waals surface area contributed by atoms with Crippen LogP contribution in [0.5, 0.6) is 5.75 Å². The van der Waals surface area contributed by atoms with Crippen LogP contribution in [0, 0.1) is 11.3 Å². The van der Waals surface area contributed by atoms with Gasteiger partial charge >= 0.3 is 0 Å². The molecule has 2 nitrogen and oxygen atoms in total. The van der Waals surface area contributed by atoms with E-state index < -0.39 is 0 Å². The zero-order valence-corrected chi connectivity index (χ0v) is 12.3. The van der Waals surface area contributed by atoms with Gasteiger partial charge in [-0.05, 0) is 47.9 Å². The van der Waals surface area contributed by atoms with Crippen LogP contribution in [-0.4, -0.2) is 13.2 Å². The Hall–Kier alpha value is -0.540. The summed E-state index contributed by atoms with van der Waals surface area (Å²) in [5, 5.41) is 0. The highest BCUT2D eigenvalue weighted by atomic mass is 79.9. The van der Waals surface area contributed by atoms with Crippen molar-refractivity contribution < 1.29 is 4.74 Å². The molecule has 0 saturated heterocycles. The van der Waals surface area contributed by atoms with Crippen molar-refractivity contribution in [2.75, 3.05) is 7.11 Å². The molecule has 2 atom stereocenters. The SMILES string of the molecule is COc1ccc(Br)c(CC(N)C2CC2(C)C)c1. The number of benzene rings is 1. The average Bonchev–Trinajstić information content (AvgIpc) is 2.91. The molecule has 3 heteroatoms. The summed E-state index contributed by atoms with van der Waals surface area (Å²) in [6.45, 7) is 4.58. The molecule has 2 rings (SSSR count). The highest BCUT2D eigenvalue weighted by Crippen LogP contribution is 2.53. The number of halogens is 1. The quantitative estimate of drug-likeness (QED) is 0.925. The van der Waals surface area contributed by atoms with Crippen molar-refractivity contribution in [3.8, 4) is 5.75 Å². The van der Waals surface area contributed by atoms with Gasteiger partial charge in [0.15, 0.2) is 0 Å². The summed E-state index contributed by atoms with van der Waals surface area (Å²) in [7, 11) is 1.69. The second-order valence-electron chi connectivity index (χ2n) is 5.62. The van der Waals surface area contributed by atoms with E-state index >= 15 is 0 Å². The minimum absolute atomic E-state index is 0.244. The smallest absolute Gasteiger partial charge is 0.119 e. The van der Waals surface area contributed by atoms with Gasteiger partial charge in [-0.2, -0.15) is 0 Å². The lowest BCUT2D eigenvalue weighted by Gasteiger charge is -2.15. The van der Waals surface area contributed by atoms with E-state index in [-0.39, 0.29) is 6.04 Å². The van der Waals surface area contributed by atoms with Gasteiger partial charge in [0.2, 0.25) is 0 Å². The lowest BCUT2D eigenvalue weighted by atomic mass is 9.98. The molecule has 1 aromatic rings. The van der Waals surface area contributed by atoms with Crippen LogP contribution in [0.25, 0.3) is 0 Å². The van der Waals surface area contributed by atoms with Gasteiger partial charge < -0.3 is 10.5 Å². The third-order valence-electron chi connectivity index (χ3n) is 3.81. The van der Waals surface area contributed by atoms with E-state index in [1.165, 1.54) is 12.0 Å². The first-order valence-electron chi connectivity index (χ1n) is 6.02. The summed E-state index contributed by atoms with van der Waals surface area (Å²) >= 11 is 3.58. The fourth-order valence-electron chi connectivity index (χ4n) is 2.47. The summed E-state index contributed by atoms with van der Waals surface area (Å²) in [4.78, 5) is 0. The van der Waals surface area contributed by atoms with Crippen molar-refractivity contribution in [1.29, 1.82) is 0 Å². The van der Waals surface area contributed by atoms with Crippen molar-refractivity contribution in [2.45, 2.75) is 32.7 Å². The lowest BCUT2D eigenvalue weighted by molar-refractivity contribution is 0.413. The summed E-state index contributed by atoms with van der Waals surface area (Å²) in [5.74, 6) is 1.55. The van der Waals surface area contributed by atoms with Crippen molar-refractivity contribution in [3.05, 3.63) is 28.2 Å². The second kappa shape index (κ2) is 4.62. The Morgan fingerprint density at radius 1 is 1.53 bits per heavy atom. The Bertz CT molecular complexity index is 417. The minimum Gasteiger partial charge on any atom is -0.497 e. The number of rotatable bonds is 4. The van der Waals surface area contributed by atoms with Crippen LogP contribution in [0.1, 0.15) is 25.8 Å². The highest BCUT2D eigenvalue weighted by molar-refractivity contribution is 9.10. The number of methoxy groups -OCH3 is 1. The third-order valence-corrected chi connectivity index (χ3v) is 4.59. The molecule has 94 valence electrons. The molecule has 1 aromatic carbocycles. The van der Waals surface area contributed by atoms with Gasteiger partial charge in [0.05, 0.1) is 7.11 Å². The molecular formula is C14H20BrNO. The van der Waals surface area contributed by atoms with Crippen LogP contribution >= 0.6 is 15.9 Å². The zero-order valence-electron chi connectivity index (χ0n) is 10.7. The van der Waals surface area contributed by atoms with Gasteiger partial charge in [0, 0.05) is 10.5 Å². The Kier molecular flexibility index (Phi) is 3.50. The average molecular weight is 298 g/mol. The molecular weight excluding hydrogens is 278 g/mol. The number of hydrogen-bond donors (Lipinski definition) is 1. The summed E-state index contributed by atoms with van der Waals surface area (Å²) in [5.41, 5.74) is 7.96. The van der Waals surface area contributed by atoms with Crippen LogP contribution < -0.4 is 10.5 Å². The van der Waals surface area contributed by atoms with Gasteiger partial charge in [-0.15, -0.1) is 0 Å². The Morgan fingerprint density at radius 2 is 2.18 bits per heavy atom. The summed E-state index contributed by atoms with van der Waals surface area (Å²) in [6.07, 6.45) is 2.15. The molecule has 1 fully saturated rings. The van der Waals surface area contributed by atoms with E-state index in [9.17, 15) is 0 Å². The molecule has 0 bridgehead atoms. The van der Waals surface area contributed by atoms with Gasteiger partial charge in [-0.1, -0.05) is 29.8 Å². The van der Waals surface area contributed by atoms with Crippen molar-refractivity contribution in [2.24, 2.45) is 17.1 Å². The van der Waals surface area contributed by atoms with E-state index in [0.29, 0.717) is 11.3 Å². The third kappa shape index (κ3) is 2.83. The van der Waals surface area contributed by atoms with E-state index in [2.05, 4.69) is 35.8 Å².